The van der Waals surface area contributed by atoms with Crippen molar-refractivity contribution in [2.75, 3.05) is 12.3 Å². The third kappa shape index (κ3) is 2.54. The van der Waals surface area contributed by atoms with Crippen molar-refractivity contribution in [2.24, 2.45) is 0 Å². The number of carboxylic acids is 1. The average Bonchev–Trinajstić information content (AvgIpc) is 2.38. The van der Waals surface area contributed by atoms with E-state index in [1.54, 1.807) is 25.1 Å². The molecule has 0 aliphatic heterocycles. The highest BCUT2D eigenvalue weighted by molar-refractivity contribution is 5.96. The standard InChI is InChI=1S/C14H15N3O3/c1-3-20-10-7-5-4-6-9(10)12-11(13(18)19)8(2)16-14(15)17-12/h4-7H,3H2,1-2H3,(H,18,19)(H2,15,16,17). The fraction of sp³-hybridized carbons (Fsp3) is 0.214. The van der Waals surface area contributed by atoms with Crippen LogP contribution in [0.5, 0.6) is 5.75 Å². The molecule has 0 bridgehead atoms. The van der Waals surface area contributed by atoms with E-state index in [0.717, 1.165) is 0 Å². The van der Waals surface area contributed by atoms with Crippen molar-refractivity contribution < 1.29 is 14.6 Å². The number of aryl methyl sites for hydroxylation is 1. The second-order valence-corrected chi connectivity index (χ2v) is 4.13. The molecule has 2 aromatic rings. The lowest BCUT2D eigenvalue weighted by atomic mass is 10.0. The summed E-state index contributed by atoms with van der Waals surface area (Å²) in [6.07, 6.45) is 0. The van der Waals surface area contributed by atoms with Gasteiger partial charge in [-0.25, -0.2) is 14.8 Å². The van der Waals surface area contributed by atoms with Gasteiger partial charge < -0.3 is 15.6 Å². The zero-order valence-electron chi connectivity index (χ0n) is 11.3. The molecular weight excluding hydrogens is 258 g/mol. The van der Waals surface area contributed by atoms with Crippen molar-refractivity contribution >= 4 is 11.9 Å². The first-order valence-electron chi connectivity index (χ1n) is 6.14. The van der Waals surface area contributed by atoms with Gasteiger partial charge in [0.05, 0.1) is 18.0 Å². The van der Waals surface area contributed by atoms with Gasteiger partial charge in [0.15, 0.2) is 0 Å². The van der Waals surface area contributed by atoms with E-state index < -0.39 is 5.97 Å². The van der Waals surface area contributed by atoms with Crippen LogP contribution in [0.1, 0.15) is 23.0 Å². The molecule has 0 fully saturated rings. The van der Waals surface area contributed by atoms with Crippen LogP contribution in [-0.4, -0.2) is 27.7 Å². The largest absolute Gasteiger partial charge is 0.493 e. The fourth-order valence-electron chi connectivity index (χ4n) is 1.99. The number of aromatic nitrogens is 2. The van der Waals surface area contributed by atoms with E-state index in [-0.39, 0.29) is 17.2 Å². The van der Waals surface area contributed by atoms with Crippen LogP contribution in [0.3, 0.4) is 0 Å². The van der Waals surface area contributed by atoms with E-state index in [4.69, 9.17) is 10.5 Å². The molecule has 6 heteroatoms. The van der Waals surface area contributed by atoms with Crippen molar-refractivity contribution in [3.05, 3.63) is 35.5 Å². The Hall–Kier alpha value is -2.63. The molecular formula is C14H15N3O3. The molecule has 3 N–H and O–H groups in total. The minimum Gasteiger partial charge on any atom is -0.493 e. The lowest BCUT2D eigenvalue weighted by Crippen LogP contribution is -2.10. The van der Waals surface area contributed by atoms with E-state index >= 15 is 0 Å². The third-order valence-electron chi connectivity index (χ3n) is 2.76. The highest BCUT2D eigenvalue weighted by Gasteiger charge is 2.20. The predicted molar refractivity (Wildman–Crippen MR) is 74.7 cm³/mol. The van der Waals surface area contributed by atoms with Gasteiger partial charge in [-0.3, -0.25) is 0 Å². The van der Waals surface area contributed by atoms with Gasteiger partial charge in [0.2, 0.25) is 5.95 Å². The number of benzene rings is 1. The lowest BCUT2D eigenvalue weighted by Gasteiger charge is -2.13. The number of carbonyl (C=O) groups is 1. The van der Waals surface area contributed by atoms with Crippen LogP contribution >= 0.6 is 0 Å². The molecule has 6 nitrogen and oxygen atoms in total. The Morgan fingerprint density at radius 2 is 2.05 bits per heavy atom. The van der Waals surface area contributed by atoms with E-state index in [2.05, 4.69) is 9.97 Å². The lowest BCUT2D eigenvalue weighted by molar-refractivity contribution is 0.0696. The number of anilines is 1. The summed E-state index contributed by atoms with van der Waals surface area (Å²) < 4.78 is 5.51. The Labute approximate surface area is 116 Å². The van der Waals surface area contributed by atoms with Crippen LogP contribution in [0.25, 0.3) is 11.3 Å². The second-order valence-electron chi connectivity index (χ2n) is 4.13. The van der Waals surface area contributed by atoms with E-state index in [0.29, 0.717) is 23.6 Å². The quantitative estimate of drug-likeness (QED) is 0.885. The van der Waals surface area contributed by atoms with Crippen molar-refractivity contribution in [2.45, 2.75) is 13.8 Å². The zero-order chi connectivity index (χ0) is 14.7. The van der Waals surface area contributed by atoms with Gasteiger partial charge in [0.25, 0.3) is 0 Å². The van der Waals surface area contributed by atoms with Crippen molar-refractivity contribution in [3.63, 3.8) is 0 Å². The molecule has 1 aromatic carbocycles. The summed E-state index contributed by atoms with van der Waals surface area (Å²) in [5, 5.41) is 9.36. The Balaban J connectivity index is 2.72. The van der Waals surface area contributed by atoms with Gasteiger partial charge in [-0.05, 0) is 26.0 Å². The number of nitrogen functional groups attached to an aromatic ring is 1. The number of carboxylic acid groups (broad SMARTS) is 1. The summed E-state index contributed by atoms with van der Waals surface area (Å²) in [4.78, 5) is 19.4. The summed E-state index contributed by atoms with van der Waals surface area (Å²) in [6.45, 7) is 3.92. The molecule has 0 radical (unpaired) electrons. The molecule has 0 unspecified atom stereocenters. The third-order valence-corrected chi connectivity index (χ3v) is 2.76. The summed E-state index contributed by atoms with van der Waals surface area (Å²) in [5.74, 6) is -0.493. The Kier molecular flexibility index (Phi) is 3.84. The van der Waals surface area contributed by atoms with Crippen LogP contribution in [0, 0.1) is 6.92 Å². The zero-order valence-corrected chi connectivity index (χ0v) is 11.3. The van der Waals surface area contributed by atoms with Gasteiger partial charge in [0, 0.05) is 5.56 Å². The topological polar surface area (TPSA) is 98.3 Å². The first-order chi connectivity index (χ1) is 9.54. The number of hydrogen-bond donors (Lipinski definition) is 2. The summed E-state index contributed by atoms with van der Waals surface area (Å²) >= 11 is 0. The Morgan fingerprint density at radius 3 is 2.70 bits per heavy atom. The molecule has 104 valence electrons. The van der Waals surface area contributed by atoms with Crippen LogP contribution in [0.2, 0.25) is 0 Å². The number of para-hydroxylation sites is 1. The van der Waals surface area contributed by atoms with Crippen LogP contribution < -0.4 is 10.5 Å². The number of rotatable bonds is 4. The summed E-state index contributed by atoms with van der Waals surface area (Å²) in [6, 6.07) is 7.11. The van der Waals surface area contributed by atoms with Gasteiger partial charge in [-0.2, -0.15) is 0 Å². The molecule has 0 aliphatic carbocycles. The fourth-order valence-corrected chi connectivity index (χ4v) is 1.99. The monoisotopic (exact) mass is 273 g/mol. The molecule has 1 heterocycles. The summed E-state index contributed by atoms with van der Waals surface area (Å²) in [5.41, 5.74) is 6.85. The number of ether oxygens (including phenoxy) is 1. The summed E-state index contributed by atoms with van der Waals surface area (Å²) in [7, 11) is 0. The van der Waals surface area contributed by atoms with Crippen molar-refractivity contribution in [3.8, 4) is 17.0 Å². The molecule has 20 heavy (non-hydrogen) atoms. The van der Waals surface area contributed by atoms with Gasteiger partial charge in [-0.1, -0.05) is 12.1 Å². The minimum atomic E-state index is -1.09. The number of aromatic carboxylic acids is 1. The molecule has 0 amide bonds. The molecule has 0 atom stereocenters. The highest BCUT2D eigenvalue weighted by Crippen LogP contribution is 2.32. The smallest absolute Gasteiger partial charge is 0.339 e. The van der Waals surface area contributed by atoms with Crippen molar-refractivity contribution in [1.82, 2.24) is 9.97 Å². The second kappa shape index (κ2) is 5.56. The minimum absolute atomic E-state index is 0.0337. The number of nitrogens with zero attached hydrogens (tertiary/aromatic N) is 2. The Bertz CT molecular complexity index is 656. The number of nitrogens with two attached hydrogens (primary N) is 1. The van der Waals surface area contributed by atoms with Crippen LogP contribution in [-0.2, 0) is 0 Å². The van der Waals surface area contributed by atoms with Crippen LogP contribution in [0.15, 0.2) is 24.3 Å². The molecule has 0 spiro atoms. The van der Waals surface area contributed by atoms with E-state index in [9.17, 15) is 9.90 Å². The van der Waals surface area contributed by atoms with Gasteiger partial charge in [-0.15, -0.1) is 0 Å². The molecule has 0 saturated carbocycles. The van der Waals surface area contributed by atoms with Gasteiger partial charge >= 0.3 is 5.97 Å². The first-order valence-corrected chi connectivity index (χ1v) is 6.14. The Morgan fingerprint density at radius 1 is 1.35 bits per heavy atom. The molecule has 0 aliphatic rings. The van der Waals surface area contributed by atoms with E-state index in [1.165, 1.54) is 0 Å². The van der Waals surface area contributed by atoms with Crippen molar-refractivity contribution in [1.29, 1.82) is 0 Å². The van der Waals surface area contributed by atoms with Gasteiger partial charge in [0.1, 0.15) is 11.3 Å². The number of hydrogen-bond acceptors (Lipinski definition) is 5. The maximum atomic E-state index is 11.4. The average molecular weight is 273 g/mol. The SMILES string of the molecule is CCOc1ccccc1-c1nc(N)nc(C)c1C(=O)O. The normalized spacial score (nSPS) is 10.3. The molecule has 1 aromatic heterocycles. The maximum Gasteiger partial charge on any atom is 0.339 e. The maximum absolute atomic E-state index is 11.4. The molecule has 0 saturated heterocycles. The molecule has 2 rings (SSSR count). The predicted octanol–water partition coefficient (Wildman–Crippen LogP) is 2.13. The van der Waals surface area contributed by atoms with E-state index in [1.807, 2.05) is 13.0 Å². The first kappa shape index (κ1) is 13.8. The van der Waals surface area contributed by atoms with Crippen LogP contribution in [0.4, 0.5) is 5.95 Å². The highest BCUT2D eigenvalue weighted by atomic mass is 16.5.